The van der Waals surface area contributed by atoms with Crippen molar-refractivity contribution in [3.8, 4) is 0 Å². The molecule has 0 spiro atoms. The summed E-state index contributed by atoms with van der Waals surface area (Å²) in [6.45, 7) is 22.0. The van der Waals surface area contributed by atoms with E-state index in [-0.39, 0.29) is 5.41 Å². The van der Waals surface area contributed by atoms with E-state index < -0.39 is 42.4 Å². The van der Waals surface area contributed by atoms with E-state index in [2.05, 4.69) is 96.2 Å². The lowest BCUT2D eigenvalue weighted by Crippen LogP contribution is -2.58. The number of hydrogen-bond acceptors (Lipinski definition) is 6. The lowest BCUT2D eigenvalue weighted by Gasteiger charge is -2.41. The number of rotatable bonds is 15. The smallest absolute Gasteiger partial charge is 0.187 e. The summed E-state index contributed by atoms with van der Waals surface area (Å²) in [7, 11) is 0. The number of hydrogen-bond donors (Lipinski definition) is 4. The molecule has 0 bridgehead atoms. The Bertz CT molecular complexity index is 1540. The molecule has 1 aliphatic carbocycles. The van der Waals surface area contributed by atoms with Gasteiger partial charge in [0.25, 0.3) is 0 Å². The Labute approximate surface area is 314 Å². The van der Waals surface area contributed by atoms with Crippen LogP contribution in [0.1, 0.15) is 95.4 Å². The molecule has 1 fully saturated rings. The lowest BCUT2D eigenvalue weighted by molar-refractivity contribution is -0.309. The van der Waals surface area contributed by atoms with Gasteiger partial charge in [-0.1, -0.05) is 151 Å². The highest BCUT2D eigenvalue weighted by Crippen LogP contribution is 2.40. The largest absolute Gasteiger partial charge is 0.388 e. The molecular formula is C46H66O6. The Morgan fingerprint density at radius 1 is 0.731 bits per heavy atom. The molecule has 2 rings (SSSR count). The number of allylic oxidation sites excluding steroid dienone is 23. The van der Waals surface area contributed by atoms with Crippen LogP contribution in [0.4, 0.5) is 0 Å². The Morgan fingerprint density at radius 2 is 1.19 bits per heavy atom. The highest BCUT2D eigenvalue weighted by atomic mass is 16.7. The van der Waals surface area contributed by atoms with Gasteiger partial charge in [0.05, 0.1) is 11.7 Å². The predicted octanol–water partition coefficient (Wildman–Crippen LogP) is 9.57. The summed E-state index contributed by atoms with van der Waals surface area (Å²) < 4.78 is 11.4. The van der Waals surface area contributed by atoms with Gasteiger partial charge in [0.2, 0.25) is 0 Å². The van der Waals surface area contributed by atoms with E-state index in [1.54, 1.807) is 26.8 Å². The lowest BCUT2D eigenvalue weighted by atomic mass is 9.72. The minimum absolute atomic E-state index is 0.260. The standard InChI is InChI=1S/C46H66O6/c1-32(18-12-13-19-33(2)21-15-24-35(4)27-29-39-37(6)26-17-31-45(39,8)9)20-14-22-34(3)23-16-25-36(5)28-30-40(46(10,11)50)52-44-43(49)42(48)41(47)38(7)51-44/h12-16,18-25,27-30,38,40-44,47-50H,17,26,31H2,1-11H3. The van der Waals surface area contributed by atoms with Crippen LogP contribution in [0, 0.1) is 5.41 Å². The monoisotopic (exact) mass is 714 g/mol. The van der Waals surface area contributed by atoms with Gasteiger partial charge >= 0.3 is 0 Å². The van der Waals surface area contributed by atoms with Crippen molar-refractivity contribution in [3.05, 3.63) is 142 Å². The first-order chi connectivity index (χ1) is 24.3. The molecule has 4 N–H and O–H groups in total. The SMILES string of the molecule is CC(C=CC=C(C)C=CC=C(C)C=CC(OC1OC(C)C(O)C(O)C1O)C(C)(C)O)=CC=CC=C(C)C=CC=C(C)C=CC1=C(C)CCCC1(C)C. The van der Waals surface area contributed by atoms with Gasteiger partial charge in [-0.15, -0.1) is 0 Å². The molecule has 52 heavy (non-hydrogen) atoms. The quantitative estimate of drug-likeness (QED) is 0.126. The Kier molecular flexibility index (Phi) is 18.4. The van der Waals surface area contributed by atoms with E-state index in [0.717, 1.165) is 16.7 Å². The number of aliphatic hydroxyl groups excluding tert-OH is 3. The molecule has 2 aliphatic rings. The van der Waals surface area contributed by atoms with Crippen molar-refractivity contribution in [3.63, 3.8) is 0 Å². The average Bonchev–Trinajstić information content (AvgIpc) is 3.05. The van der Waals surface area contributed by atoms with E-state index in [9.17, 15) is 20.4 Å². The van der Waals surface area contributed by atoms with E-state index >= 15 is 0 Å². The second kappa shape index (κ2) is 21.4. The van der Waals surface area contributed by atoms with Gasteiger partial charge in [-0.05, 0) is 92.6 Å². The number of ether oxygens (including phenoxy) is 2. The van der Waals surface area contributed by atoms with Crippen LogP contribution < -0.4 is 0 Å². The van der Waals surface area contributed by atoms with Crippen molar-refractivity contribution in [2.75, 3.05) is 0 Å². The van der Waals surface area contributed by atoms with Gasteiger partial charge in [-0.25, -0.2) is 0 Å². The van der Waals surface area contributed by atoms with Crippen LogP contribution in [0.2, 0.25) is 0 Å². The Morgan fingerprint density at radius 3 is 1.67 bits per heavy atom. The molecule has 6 heteroatoms. The fraction of sp³-hybridized carbons (Fsp3) is 0.478. The summed E-state index contributed by atoms with van der Waals surface area (Å²) in [6.07, 6.45) is 31.7. The first-order valence-electron chi connectivity index (χ1n) is 18.5. The molecule has 0 radical (unpaired) electrons. The van der Waals surface area contributed by atoms with Crippen LogP contribution in [-0.4, -0.2) is 62.8 Å². The summed E-state index contributed by atoms with van der Waals surface area (Å²) in [5, 5.41) is 41.0. The molecule has 1 heterocycles. The minimum Gasteiger partial charge on any atom is -0.388 e. The zero-order valence-corrected chi connectivity index (χ0v) is 33.5. The molecule has 0 amide bonds. The van der Waals surface area contributed by atoms with Crippen molar-refractivity contribution in [1.82, 2.24) is 0 Å². The van der Waals surface area contributed by atoms with E-state index in [0.29, 0.717) is 0 Å². The van der Waals surface area contributed by atoms with Crippen LogP contribution >= 0.6 is 0 Å². The van der Waals surface area contributed by atoms with Crippen LogP contribution in [0.3, 0.4) is 0 Å². The highest BCUT2D eigenvalue weighted by Gasteiger charge is 2.44. The second-order valence-corrected chi connectivity index (χ2v) is 15.5. The third-order valence-corrected chi connectivity index (χ3v) is 9.36. The summed E-state index contributed by atoms with van der Waals surface area (Å²) in [6, 6.07) is 0. The van der Waals surface area contributed by atoms with Crippen molar-refractivity contribution in [2.45, 2.75) is 138 Å². The first-order valence-corrected chi connectivity index (χ1v) is 18.5. The molecule has 6 nitrogen and oxygen atoms in total. The van der Waals surface area contributed by atoms with Crippen LogP contribution in [-0.2, 0) is 9.47 Å². The molecule has 0 aromatic rings. The predicted molar refractivity (Wildman–Crippen MR) is 217 cm³/mol. The number of aliphatic hydroxyl groups is 4. The van der Waals surface area contributed by atoms with Crippen molar-refractivity contribution >= 4 is 0 Å². The minimum atomic E-state index is -1.45. The van der Waals surface area contributed by atoms with E-state index in [4.69, 9.17) is 9.47 Å². The maximum Gasteiger partial charge on any atom is 0.187 e. The highest BCUT2D eigenvalue weighted by molar-refractivity contribution is 5.37. The zero-order chi connectivity index (χ0) is 39.1. The average molecular weight is 715 g/mol. The molecule has 0 saturated carbocycles. The molecule has 1 saturated heterocycles. The van der Waals surface area contributed by atoms with Gasteiger partial charge in [-0.2, -0.15) is 0 Å². The molecule has 6 atom stereocenters. The first kappa shape index (κ1) is 44.8. The summed E-state index contributed by atoms with van der Waals surface area (Å²) in [4.78, 5) is 0. The molecule has 6 unspecified atom stereocenters. The molecule has 286 valence electrons. The molecule has 0 aromatic heterocycles. The molecular weight excluding hydrogens is 648 g/mol. The van der Waals surface area contributed by atoms with Crippen molar-refractivity contribution in [1.29, 1.82) is 0 Å². The van der Waals surface area contributed by atoms with Gasteiger partial charge in [-0.3, -0.25) is 0 Å². The van der Waals surface area contributed by atoms with Gasteiger partial charge in [0.15, 0.2) is 6.29 Å². The van der Waals surface area contributed by atoms with Crippen LogP contribution in [0.5, 0.6) is 0 Å². The van der Waals surface area contributed by atoms with Crippen molar-refractivity contribution in [2.24, 2.45) is 5.41 Å². The van der Waals surface area contributed by atoms with Gasteiger partial charge in [0.1, 0.15) is 24.4 Å². The second-order valence-electron chi connectivity index (χ2n) is 15.5. The third kappa shape index (κ3) is 15.7. The van der Waals surface area contributed by atoms with Crippen molar-refractivity contribution < 1.29 is 29.9 Å². The maximum atomic E-state index is 10.7. The fourth-order valence-electron chi connectivity index (χ4n) is 5.93. The Balaban J connectivity index is 1.89. The van der Waals surface area contributed by atoms with E-state index in [1.807, 2.05) is 56.4 Å². The fourth-order valence-corrected chi connectivity index (χ4v) is 5.93. The normalized spacial score (nSPS) is 27.2. The summed E-state index contributed by atoms with van der Waals surface area (Å²) in [5.41, 5.74) is 7.54. The van der Waals surface area contributed by atoms with Crippen LogP contribution in [0.15, 0.2) is 142 Å². The van der Waals surface area contributed by atoms with Gasteiger partial charge < -0.3 is 29.9 Å². The molecule has 1 aliphatic heterocycles. The van der Waals surface area contributed by atoms with Crippen LogP contribution in [0.25, 0.3) is 0 Å². The summed E-state index contributed by atoms with van der Waals surface area (Å²) in [5.74, 6) is 0. The Hall–Kier alpha value is -3.36. The van der Waals surface area contributed by atoms with E-state index in [1.165, 1.54) is 41.6 Å². The topological polar surface area (TPSA) is 99.4 Å². The zero-order valence-electron chi connectivity index (χ0n) is 33.5. The molecule has 0 aromatic carbocycles. The maximum absolute atomic E-state index is 10.7. The summed E-state index contributed by atoms with van der Waals surface area (Å²) >= 11 is 0. The van der Waals surface area contributed by atoms with Gasteiger partial charge in [0, 0.05) is 0 Å². The third-order valence-electron chi connectivity index (χ3n) is 9.36.